The number of carboxylic acid groups (broad SMARTS) is 1. The summed E-state index contributed by atoms with van der Waals surface area (Å²) in [6.45, 7) is 0.655. The first-order valence-corrected chi connectivity index (χ1v) is 6.75. The molecule has 2 aromatic rings. The number of aliphatic carboxylic acids is 1. The summed E-state index contributed by atoms with van der Waals surface area (Å²) in [5.74, 6) is -1.00. The van der Waals surface area contributed by atoms with E-state index in [2.05, 4.69) is 4.98 Å². The fraction of sp³-hybridized carbons (Fsp3) is 0.125. The molecule has 21 heavy (non-hydrogen) atoms. The van der Waals surface area contributed by atoms with Gasteiger partial charge in [0.05, 0.1) is 0 Å². The zero-order valence-corrected chi connectivity index (χ0v) is 12.3. The zero-order valence-electron chi connectivity index (χ0n) is 11.5. The second-order valence-electron chi connectivity index (χ2n) is 4.56. The van der Waals surface area contributed by atoms with Crippen LogP contribution in [0.1, 0.15) is 11.1 Å². The Morgan fingerprint density at radius 1 is 1.38 bits per heavy atom. The van der Waals surface area contributed by atoms with Crippen molar-refractivity contribution in [3.63, 3.8) is 0 Å². The van der Waals surface area contributed by atoms with Crippen LogP contribution in [0.15, 0.2) is 48.8 Å². The molecule has 2 rings (SSSR count). The highest BCUT2D eigenvalue weighted by Crippen LogP contribution is 2.29. The fourth-order valence-corrected chi connectivity index (χ4v) is 2.26. The summed E-state index contributed by atoms with van der Waals surface area (Å²) in [7, 11) is 1.93. The Labute approximate surface area is 128 Å². The summed E-state index contributed by atoms with van der Waals surface area (Å²) in [6.07, 6.45) is 6.13. The molecular formula is C16H15ClN2O2. The lowest BCUT2D eigenvalue weighted by molar-refractivity contribution is -0.131. The number of carbonyl (C=O) groups is 1. The van der Waals surface area contributed by atoms with Crippen LogP contribution in [-0.4, -0.2) is 23.1 Å². The number of halogens is 1. The molecule has 0 aliphatic heterocycles. The van der Waals surface area contributed by atoms with Gasteiger partial charge in [-0.25, -0.2) is 4.79 Å². The Kier molecular flexibility index (Phi) is 4.95. The van der Waals surface area contributed by atoms with Gasteiger partial charge in [0.1, 0.15) is 0 Å². The van der Waals surface area contributed by atoms with Crippen LogP contribution in [0.4, 0.5) is 5.69 Å². The van der Waals surface area contributed by atoms with Crippen LogP contribution >= 0.6 is 11.6 Å². The van der Waals surface area contributed by atoms with Crippen LogP contribution in [-0.2, 0) is 11.3 Å². The quantitative estimate of drug-likeness (QED) is 0.859. The van der Waals surface area contributed by atoms with E-state index in [1.54, 1.807) is 18.5 Å². The van der Waals surface area contributed by atoms with Crippen molar-refractivity contribution in [2.24, 2.45) is 0 Å². The number of rotatable bonds is 5. The van der Waals surface area contributed by atoms with E-state index in [1.165, 1.54) is 6.08 Å². The van der Waals surface area contributed by atoms with E-state index in [9.17, 15) is 4.79 Å². The van der Waals surface area contributed by atoms with Gasteiger partial charge in [-0.3, -0.25) is 4.98 Å². The van der Waals surface area contributed by atoms with Crippen molar-refractivity contribution in [3.8, 4) is 0 Å². The molecule has 0 aliphatic carbocycles. The van der Waals surface area contributed by atoms with Crippen molar-refractivity contribution in [1.82, 2.24) is 4.98 Å². The standard InChI is InChI=1S/C16H15ClN2O2/c1-19(11-12-4-3-9-18-10-12)15-6-2-5-14(17)13(15)7-8-16(20)21/h2-10H,11H2,1H3,(H,20,21)/b8-7+. The molecule has 1 aromatic carbocycles. The highest BCUT2D eigenvalue weighted by molar-refractivity contribution is 6.32. The van der Waals surface area contributed by atoms with Gasteiger partial charge in [0, 0.05) is 48.3 Å². The summed E-state index contributed by atoms with van der Waals surface area (Å²) < 4.78 is 0. The normalized spacial score (nSPS) is 10.8. The minimum Gasteiger partial charge on any atom is -0.478 e. The Morgan fingerprint density at radius 2 is 2.19 bits per heavy atom. The molecule has 0 unspecified atom stereocenters. The number of aromatic nitrogens is 1. The molecule has 0 radical (unpaired) electrons. The minimum absolute atomic E-state index is 0.517. The first-order chi connectivity index (χ1) is 10.1. The van der Waals surface area contributed by atoms with Gasteiger partial charge in [-0.15, -0.1) is 0 Å². The van der Waals surface area contributed by atoms with Gasteiger partial charge >= 0.3 is 5.97 Å². The second-order valence-corrected chi connectivity index (χ2v) is 4.97. The molecule has 0 bridgehead atoms. The van der Waals surface area contributed by atoms with Gasteiger partial charge in [0.25, 0.3) is 0 Å². The molecule has 1 N–H and O–H groups in total. The predicted molar refractivity (Wildman–Crippen MR) is 84.5 cm³/mol. The van der Waals surface area contributed by atoms with Crippen LogP contribution in [0.3, 0.4) is 0 Å². The highest BCUT2D eigenvalue weighted by atomic mass is 35.5. The van der Waals surface area contributed by atoms with Crippen LogP contribution in [0.2, 0.25) is 5.02 Å². The first-order valence-electron chi connectivity index (χ1n) is 6.37. The third-order valence-corrected chi connectivity index (χ3v) is 3.31. The summed E-state index contributed by atoms with van der Waals surface area (Å²) in [4.78, 5) is 16.8. The second kappa shape index (κ2) is 6.90. The lowest BCUT2D eigenvalue weighted by Gasteiger charge is -2.22. The molecular weight excluding hydrogens is 288 g/mol. The molecule has 0 spiro atoms. The molecule has 1 heterocycles. The summed E-state index contributed by atoms with van der Waals surface area (Å²) in [5, 5.41) is 9.30. The van der Waals surface area contributed by atoms with Crippen molar-refractivity contribution in [3.05, 3.63) is 65.0 Å². The van der Waals surface area contributed by atoms with Crippen LogP contribution < -0.4 is 4.90 Å². The lowest BCUT2D eigenvalue weighted by atomic mass is 10.1. The lowest BCUT2D eigenvalue weighted by Crippen LogP contribution is -2.17. The zero-order chi connectivity index (χ0) is 15.2. The van der Waals surface area contributed by atoms with Crippen molar-refractivity contribution < 1.29 is 9.90 Å². The molecule has 108 valence electrons. The number of benzene rings is 1. The topological polar surface area (TPSA) is 53.4 Å². The minimum atomic E-state index is -1.00. The maximum atomic E-state index is 10.7. The van der Waals surface area contributed by atoms with Gasteiger partial charge in [-0.1, -0.05) is 23.7 Å². The predicted octanol–water partition coefficient (Wildman–Crippen LogP) is 3.47. The van der Waals surface area contributed by atoms with E-state index >= 15 is 0 Å². The SMILES string of the molecule is CN(Cc1cccnc1)c1cccc(Cl)c1/C=C/C(=O)O. The number of nitrogens with zero attached hydrogens (tertiary/aromatic N) is 2. The van der Waals surface area contributed by atoms with Gasteiger partial charge in [-0.05, 0) is 29.8 Å². The Hall–Kier alpha value is -2.33. The van der Waals surface area contributed by atoms with Gasteiger partial charge < -0.3 is 10.0 Å². The summed E-state index contributed by atoms with van der Waals surface area (Å²) in [6, 6.07) is 9.36. The number of hydrogen-bond acceptors (Lipinski definition) is 3. The van der Waals surface area contributed by atoms with E-state index in [4.69, 9.17) is 16.7 Å². The first kappa shape index (κ1) is 15.1. The van der Waals surface area contributed by atoms with E-state index < -0.39 is 5.97 Å². The number of pyridine rings is 1. The van der Waals surface area contributed by atoms with Crippen molar-refractivity contribution >= 4 is 29.3 Å². The highest BCUT2D eigenvalue weighted by Gasteiger charge is 2.09. The van der Waals surface area contributed by atoms with E-state index in [0.29, 0.717) is 17.1 Å². The third kappa shape index (κ3) is 4.07. The maximum Gasteiger partial charge on any atom is 0.328 e. The Morgan fingerprint density at radius 3 is 2.86 bits per heavy atom. The van der Waals surface area contributed by atoms with E-state index in [0.717, 1.165) is 17.3 Å². The van der Waals surface area contributed by atoms with Crippen molar-refractivity contribution in [2.45, 2.75) is 6.54 Å². The molecule has 0 amide bonds. The van der Waals surface area contributed by atoms with Crippen molar-refractivity contribution in [2.75, 3.05) is 11.9 Å². The van der Waals surface area contributed by atoms with Gasteiger partial charge in [0.2, 0.25) is 0 Å². The molecule has 0 saturated heterocycles. The summed E-state index contributed by atoms with van der Waals surface area (Å²) in [5.41, 5.74) is 2.62. The monoisotopic (exact) mass is 302 g/mol. The third-order valence-electron chi connectivity index (χ3n) is 2.98. The smallest absolute Gasteiger partial charge is 0.328 e. The van der Waals surface area contributed by atoms with E-state index in [1.807, 2.05) is 36.2 Å². The largest absolute Gasteiger partial charge is 0.478 e. The fourth-order valence-electron chi connectivity index (χ4n) is 2.03. The number of carboxylic acids is 1. The molecule has 0 fully saturated rings. The average molecular weight is 303 g/mol. The molecule has 0 atom stereocenters. The van der Waals surface area contributed by atoms with Gasteiger partial charge in [0.15, 0.2) is 0 Å². The van der Waals surface area contributed by atoms with Gasteiger partial charge in [-0.2, -0.15) is 0 Å². The Bertz CT molecular complexity index is 657. The maximum absolute atomic E-state index is 10.7. The van der Waals surface area contributed by atoms with Crippen LogP contribution in [0, 0.1) is 0 Å². The molecule has 0 saturated carbocycles. The molecule has 1 aromatic heterocycles. The average Bonchev–Trinajstić information content (AvgIpc) is 2.46. The molecule has 5 heteroatoms. The number of hydrogen-bond donors (Lipinski definition) is 1. The van der Waals surface area contributed by atoms with Crippen LogP contribution in [0.25, 0.3) is 6.08 Å². The summed E-state index contributed by atoms with van der Waals surface area (Å²) >= 11 is 6.18. The van der Waals surface area contributed by atoms with E-state index in [-0.39, 0.29) is 0 Å². The molecule has 0 aliphatic rings. The van der Waals surface area contributed by atoms with Crippen LogP contribution in [0.5, 0.6) is 0 Å². The number of anilines is 1. The Balaban J connectivity index is 2.30. The molecule has 4 nitrogen and oxygen atoms in total. The van der Waals surface area contributed by atoms with Crippen molar-refractivity contribution in [1.29, 1.82) is 0 Å².